The van der Waals surface area contributed by atoms with Crippen LogP contribution in [-0.4, -0.2) is 68.4 Å². The number of hydrogen-bond donors (Lipinski definition) is 1. The Morgan fingerprint density at radius 3 is 2.50 bits per heavy atom. The monoisotopic (exact) mass is 590 g/mol. The van der Waals surface area contributed by atoms with Crippen molar-refractivity contribution < 1.29 is 28.2 Å². The topological polar surface area (TPSA) is 94.9 Å². The molecule has 2 amide bonds. The fourth-order valence-corrected chi connectivity index (χ4v) is 6.09. The third-order valence-corrected chi connectivity index (χ3v) is 8.09. The molecule has 0 radical (unpaired) electrons. The number of aromatic nitrogens is 2. The highest BCUT2D eigenvalue weighted by Gasteiger charge is 2.38. The first kappa shape index (κ1) is 29.2. The minimum Gasteiger partial charge on any atom is -0.497 e. The van der Waals surface area contributed by atoms with Gasteiger partial charge < -0.3 is 19.5 Å². The van der Waals surface area contributed by atoms with Crippen LogP contribution in [0.4, 0.5) is 10.2 Å². The van der Waals surface area contributed by atoms with Gasteiger partial charge in [-0.2, -0.15) is 5.10 Å². The van der Waals surface area contributed by atoms with E-state index in [4.69, 9.17) is 19.3 Å². The minimum atomic E-state index is -0.431. The normalized spacial score (nSPS) is 14.7. The van der Waals surface area contributed by atoms with Gasteiger partial charge in [-0.1, -0.05) is 30.3 Å². The first-order valence-electron chi connectivity index (χ1n) is 13.3. The van der Waals surface area contributed by atoms with Gasteiger partial charge in [-0.3, -0.25) is 14.5 Å². The second-order valence-corrected chi connectivity index (χ2v) is 10.6. The molecule has 0 spiro atoms. The van der Waals surface area contributed by atoms with Gasteiger partial charge >= 0.3 is 0 Å². The van der Waals surface area contributed by atoms with Gasteiger partial charge in [-0.25, -0.2) is 9.07 Å². The van der Waals surface area contributed by atoms with E-state index in [1.54, 1.807) is 38.1 Å². The largest absolute Gasteiger partial charge is 0.497 e. The van der Waals surface area contributed by atoms with E-state index in [-0.39, 0.29) is 24.1 Å². The molecule has 218 valence electrons. The van der Waals surface area contributed by atoms with Crippen LogP contribution in [0.25, 0.3) is 16.9 Å². The lowest BCUT2D eigenvalue weighted by Crippen LogP contribution is -2.43. The Hall–Kier alpha value is -4.35. The number of benzene rings is 3. The highest BCUT2D eigenvalue weighted by molar-refractivity contribution is 8.00. The van der Waals surface area contributed by atoms with Crippen molar-refractivity contribution in [3.63, 3.8) is 0 Å². The Morgan fingerprint density at radius 2 is 1.81 bits per heavy atom. The molecule has 3 aromatic carbocycles. The Morgan fingerprint density at radius 1 is 1.05 bits per heavy atom. The van der Waals surface area contributed by atoms with Crippen LogP contribution in [0.1, 0.15) is 16.4 Å². The lowest BCUT2D eigenvalue weighted by molar-refractivity contribution is -0.123. The van der Waals surface area contributed by atoms with E-state index in [1.165, 1.54) is 28.8 Å². The number of nitrogens with one attached hydrogen (secondary N) is 1. The number of fused-ring (bicyclic) bond motifs is 1. The van der Waals surface area contributed by atoms with Crippen LogP contribution >= 0.6 is 11.8 Å². The first-order valence-corrected chi connectivity index (χ1v) is 14.3. The van der Waals surface area contributed by atoms with Crippen LogP contribution in [0.2, 0.25) is 0 Å². The maximum Gasteiger partial charge on any atom is 0.240 e. The summed E-state index contributed by atoms with van der Waals surface area (Å²) in [7, 11) is 4.73. The molecule has 11 heteroatoms. The van der Waals surface area contributed by atoms with E-state index in [2.05, 4.69) is 5.32 Å². The van der Waals surface area contributed by atoms with E-state index in [9.17, 15) is 14.0 Å². The summed E-state index contributed by atoms with van der Waals surface area (Å²) in [6.07, 6.45) is 0. The van der Waals surface area contributed by atoms with Crippen molar-refractivity contribution in [2.45, 2.75) is 5.25 Å². The second kappa shape index (κ2) is 13.1. The zero-order chi connectivity index (χ0) is 29.6. The number of ether oxygens (including phenoxy) is 3. The summed E-state index contributed by atoms with van der Waals surface area (Å²) in [5.41, 5.74) is 3.49. The molecule has 0 aliphatic carbocycles. The molecule has 1 aromatic heterocycles. The van der Waals surface area contributed by atoms with E-state index >= 15 is 0 Å². The predicted octanol–water partition coefficient (Wildman–Crippen LogP) is 4.63. The maximum atomic E-state index is 14.0. The van der Waals surface area contributed by atoms with Crippen molar-refractivity contribution in [2.75, 3.05) is 51.7 Å². The fraction of sp³-hybridized carbons (Fsp3) is 0.258. The molecule has 0 bridgehead atoms. The number of carbonyl (C=O) groups excluding carboxylic acids is 2. The first-order chi connectivity index (χ1) is 20.4. The van der Waals surface area contributed by atoms with Crippen molar-refractivity contribution in [1.82, 2.24) is 15.1 Å². The van der Waals surface area contributed by atoms with Crippen molar-refractivity contribution in [3.8, 4) is 28.4 Å². The Labute approximate surface area is 247 Å². The molecule has 1 aliphatic rings. The number of halogens is 1. The van der Waals surface area contributed by atoms with Crippen LogP contribution in [0.3, 0.4) is 0 Å². The van der Waals surface area contributed by atoms with Gasteiger partial charge in [0.15, 0.2) is 0 Å². The number of nitrogens with zero attached hydrogens (tertiary/aromatic N) is 3. The SMILES string of the molecule is COCCNC(=O)CN1C(=O)CS[C@H](c2cc(OC)ccc2OC)c2c(-c3ccccc3)nn(-c3ccc(F)cc3)c21. The molecule has 1 atom stereocenters. The molecule has 1 aliphatic heterocycles. The lowest BCUT2D eigenvalue weighted by atomic mass is 9.98. The summed E-state index contributed by atoms with van der Waals surface area (Å²) >= 11 is 1.42. The van der Waals surface area contributed by atoms with Crippen molar-refractivity contribution in [3.05, 3.63) is 89.7 Å². The average molecular weight is 591 g/mol. The number of hydrogen-bond acceptors (Lipinski definition) is 7. The Balaban J connectivity index is 1.78. The average Bonchev–Trinajstić information content (AvgIpc) is 3.34. The number of rotatable bonds is 10. The van der Waals surface area contributed by atoms with Crippen LogP contribution < -0.4 is 19.7 Å². The summed E-state index contributed by atoms with van der Waals surface area (Å²) in [6, 6.07) is 21.0. The summed E-state index contributed by atoms with van der Waals surface area (Å²) < 4.78 is 32.0. The summed E-state index contributed by atoms with van der Waals surface area (Å²) in [5, 5.41) is 7.38. The molecule has 42 heavy (non-hydrogen) atoms. The lowest BCUT2D eigenvalue weighted by Gasteiger charge is -2.23. The van der Waals surface area contributed by atoms with Gasteiger partial charge in [-0.15, -0.1) is 11.8 Å². The van der Waals surface area contributed by atoms with Gasteiger partial charge in [0.25, 0.3) is 0 Å². The number of thioether (sulfide) groups is 1. The summed E-state index contributed by atoms with van der Waals surface area (Å²) in [5.74, 6) is 0.740. The Kier molecular flexibility index (Phi) is 9.09. The van der Waals surface area contributed by atoms with Gasteiger partial charge in [0.1, 0.15) is 29.7 Å². The van der Waals surface area contributed by atoms with E-state index in [0.717, 1.165) is 16.7 Å². The predicted molar refractivity (Wildman–Crippen MR) is 160 cm³/mol. The standard InChI is InChI=1S/C31H31FN4O5S/c1-39-16-15-33-26(37)18-35-27(38)19-42-30(24-17-23(40-2)13-14-25(24)41-3)28-29(20-7-5-4-6-8-20)34-36(31(28)35)22-11-9-21(32)10-12-22/h4-14,17,30H,15-16,18-19H2,1-3H3,(H,33,37)/t30-/m1/s1. The molecule has 5 rings (SSSR count). The fourth-order valence-electron chi connectivity index (χ4n) is 4.87. The number of anilines is 1. The van der Waals surface area contributed by atoms with Gasteiger partial charge in [0, 0.05) is 30.3 Å². The van der Waals surface area contributed by atoms with Crippen molar-refractivity contribution in [2.24, 2.45) is 0 Å². The van der Waals surface area contributed by atoms with Crippen LogP contribution in [0, 0.1) is 5.82 Å². The molecule has 0 saturated carbocycles. The molecule has 4 aromatic rings. The van der Waals surface area contributed by atoms with E-state index in [1.807, 2.05) is 48.5 Å². The summed E-state index contributed by atoms with van der Waals surface area (Å²) in [4.78, 5) is 28.4. The number of methoxy groups -OCH3 is 3. The third-order valence-electron chi connectivity index (χ3n) is 6.86. The molecule has 9 nitrogen and oxygen atoms in total. The maximum absolute atomic E-state index is 14.0. The summed E-state index contributed by atoms with van der Waals surface area (Å²) in [6.45, 7) is 0.401. The molecule has 0 fully saturated rings. The smallest absolute Gasteiger partial charge is 0.240 e. The Bertz CT molecular complexity index is 1560. The highest BCUT2D eigenvalue weighted by Crippen LogP contribution is 2.51. The zero-order valence-electron chi connectivity index (χ0n) is 23.5. The molecular weight excluding hydrogens is 559 g/mol. The van der Waals surface area contributed by atoms with Crippen molar-refractivity contribution >= 4 is 29.4 Å². The quantitative estimate of drug-likeness (QED) is 0.269. The number of carbonyl (C=O) groups is 2. The minimum absolute atomic E-state index is 0.0860. The number of amides is 2. The van der Waals surface area contributed by atoms with Crippen LogP contribution in [-0.2, 0) is 14.3 Å². The van der Waals surface area contributed by atoms with Gasteiger partial charge in [0.05, 0.1) is 43.2 Å². The van der Waals surface area contributed by atoms with E-state index < -0.39 is 11.1 Å². The van der Waals surface area contributed by atoms with Crippen LogP contribution in [0.15, 0.2) is 72.8 Å². The molecule has 2 heterocycles. The van der Waals surface area contributed by atoms with Gasteiger partial charge in [0.2, 0.25) is 11.8 Å². The third kappa shape index (κ3) is 5.97. The second-order valence-electron chi connectivity index (χ2n) is 9.46. The highest BCUT2D eigenvalue weighted by atomic mass is 32.2. The van der Waals surface area contributed by atoms with Crippen LogP contribution in [0.5, 0.6) is 11.5 Å². The molecule has 1 N–H and O–H groups in total. The molecule has 0 saturated heterocycles. The molecule has 0 unspecified atom stereocenters. The molecular formula is C31H31FN4O5S. The van der Waals surface area contributed by atoms with E-state index in [0.29, 0.717) is 41.8 Å². The zero-order valence-corrected chi connectivity index (χ0v) is 24.3. The van der Waals surface area contributed by atoms with Crippen molar-refractivity contribution in [1.29, 1.82) is 0 Å². The van der Waals surface area contributed by atoms with Gasteiger partial charge in [-0.05, 0) is 42.5 Å².